The molecule has 3 heterocycles. The summed E-state index contributed by atoms with van der Waals surface area (Å²) < 4.78 is 0. The minimum Gasteiger partial charge on any atom is -0.368 e. The Morgan fingerprint density at radius 2 is 1.52 bits per heavy atom. The van der Waals surface area contributed by atoms with Crippen molar-refractivity contribution in [3.63, 3.8) is 0 Å². The minimum atomic E-state index is -0.429. The lowest BCUT2D eigenvalue weighted by molar-refractivity contribution is -0.116. The van der Waals surface area contributed by atoms with Gasteiger partial charge in [0.05, 0.1) is 12.2 Å². The average molecular weight is 441 g/mol. The van der Waals surface area contributed by atoms with E-state index in [0.29, 0.717) is 18.2 Å². The van der Waals surface area contributed by atoms with Crippen LogP contribution in [0.3, 0.4) is 0 Å². The van der Waals surface area contributed by atoms with Crippen LogP contribution in [0.15, 0.2) is 78.6 Å². The van der Waals surface area contributed by atoms with Gasteiger partial charge in [-0.05, 0) is 29.8 Å². The van der Waals surface area contributed by atoms with Crippen LogP contribution in [0.1, 0.15) is 11.3 Å². The summed E-state index contributed by atoms with van der Waals surface area (Å²) in [6.45, 7) is 3.66. The summed E-state index contributed by atoms with van der Waals surface area (Å²) in [6, 6.07) is 21.2. The number of urea groups is 1. The van der Waals surface area contributed by atoms with Crippen LogP contribution in [0.2, 0.25) is 0 Å². The molecule has 2 saturated heterocycles. The van der Waals surface area contributed by atoms with E-state index in [0.717, 1.165) is 31.7 Å². The Hall–Kier alpha value is -4.20. The highest BCUT2D eigenvalue weighted by Gasteiger charge is 2.33. The molecule has 5 rings (SSSR count). The van der Waals surface area contributed by atoms with Crippen molar-refractivity contribution in [2.45, 2.75) is 6.54 Å². The monoisotopic (exact) mass is 440 g/mol. The fraction of sp³-hybridized carbons (Fsp3) is 0.200. The van der Waals surface area contributed by atoms with Crippen LogP contribution in [-0.2, 0) is 11.3 Å². The van der Waals surface area contributed by atoms with E-state index in [9.17, 15) is 9.59 Å². The Bertz CT molecular complexity index is 1170. The summed E-state index contributed by atoms with van der Waals surface area (Å²) in [4.78, 5) is 39.8. The first-order chi connectivity index (χ1) is 16.2. The van der Waals surface area contributed by atoms with Crippen LogP contribution in [0.5, 0.6) is 0 Å². The maximum absolute atomic E-state index is 12.4. The van der Waals surface area contributed by atoms with Gasteiger partial charge in [0, 0.05) is 38.1 Å². The summed E-state index contributed by atoms with van der Waals surface area (Å²) in [5.41, 5.74) is 3.02. The van der Waals surface area contributed by atoms with Gasteiger partial charge in [-0.2, -0.15) is 0 Å². The van der Waals surface area contributed by atoms with E-state index in [1.165, 1.54) is 10.6 Å². The number of amides is 3. The third-order valence-corrected chi connectivity index (χ3v) is 5.81. The number of hydrogen-bond donors (Lipinski definition) is 1. The molecule has 0 bridgehead atoms. The summed E-state index contributed by atoms with van der Waals surface area (Å²) in [5, 5.41) is 2.38. The molecule has 3 amide bonds. The van der Waals surface area contributed by atoms with Crippen molar-refractivity contribution in [1.82, 2.24) is 20.2 Å². The number of benzene rings is 2. The predicted octanol–water partition coefficient (Wildman–Crippen LogP) is 2.90. The number of hydrogen-bond acceptors (Lipinski definition) is 6. The Balaban J connectivity index is 1.32. The van der Waals surface area contributed by atoms with Crippen molar-refractivity contribution >= 4 is 29.7 Å². The Kier molecular flexibility index (Phi) is 5.72. The number of para-hydroxylation sites is 1. The molecule has 8 nitrogen and oxygen atoms in total. The van der Waals surface area contributed by atoms with E-state index in [-0.39, 0.29) is 5.70 Å². The third kappa shape index (κ3) is 4.55. The van der Waals surface area contributed by atoms with Crippen molar-refractivity contribution < 1.29 is 9.59 Å². The molecule has 2 fully saturated rings. The van der Waals surface area contributed by atoms with Crippen molar-refractivity contribution in [2.75, 3.05) is 36.0 Å². The molecule has 1 N–H and O–H groups in total. The van der Waals surface area contributed by atoms with Gasteiger partial charge < -0.3 is 9.80 Å². The largest absolute Gasteiger partial charge is 0.368 e. The average Bonchev–Trinajstić information content (AvgIpc) is 3.12. The van der Waals surface area contributed by atoms with Gasteiger partial charge in [0.1, 0.15) is 5.70 Å². The second-order valence-corrected chi connectivity index (χ2v) is 7.95. The topological polar surface area (TPSA) is 81.7 Å². The maximum atomic E-state index is 12.4. The van der Waals surface area contributed by atoms with Crippen LogP contribution in [-0.4, -0.2) is 53.0 Å². The summed E-state index contributed by atoms with van der Waals surface area (Å²) in [5.74, 6) is 0.198. The van der Waals surface area contributed by atoms with Gasteiger partial charge in [-0.25, -0.2) is 14.8 Å². The van der Waals surface area contributed by atoms with Gasteiger partial charge in [0.15, 0.2) is 0 Å². The number of aromatic nitrogens is 2. The first-order valence-electron chi connectivity index (χ1n) is 10.9. The van der Waals surface area contributed by atoms with E-state index in [4.69, 9.17) is 0 Å². The summed E-state index contributed by atoms with van der Waals surface area (Å²) >= 11 is 0. The molecule has 0 saturated carbocycles. The SMILES string of the molecule is O=C1NC(=O)N(Cc2ccccc2)C1=Cc1ccnc(N2CCN(c3ccccc3)CC2)n1. The van der Waals surface area contributed by atoms with Crippen molar-refractivity contribution in [3.05, 3.63) is 89.9 Å². The minimum absolute atomic E-state index is 0.280. The Morgan fingerprint density at radius 1 is 0.848 bits per heavy atom. The molecule has 2 aromatic carbocycles. The Morgan fingerprint density at radius 3 is 2.24 bits per heavy atom. The zero-order valence-electron chi connectivity index (χ0n) is 18.1. The van der Waals surface area contributed by atoms with Gasteiger partial charge in [0.2, 0.25) is 5.95 Å². The van der Waals surface area contributed by atoms with Crippen LogP contribution >= 0.6 is 0 Å². The lowest BCUT2D eigenvalue weighted by atomic mass is 10.2. The fourth-order valence-electron chi connectivity index (χ4n) is 4.07. The normalized spacial score (nSPS) is 17.6. The van der Waals surface area contributed by atoms with Gasteiger partial charge in [-0.15, -0.1) is 0 Å². The number of carbonyl (C=O) groups is 2. The van der Waals surface area contributed by atoms with Crippen LogP contribution in [0, 0.1) is 0 Å². The number of rotatable bonds is 5. The second kappa shape index (κ2) is 9.12. The molecule has 0 spiro atoms. The van der Waals surface area contributed by atoms with Crippen LogP contribution < -0.4 is 15.1 Å². The molecule has 0 aliphatic carbocycles. The lowest BCUT2D eigenvalue weighted by Gasteiger charge is -2.36. The van der Waals surface area contributed by atoms with Gasteiger partial charge in [-0.3, -0.25) is 15.0 Å². The molecule has 2 aliphatic heterocycles. The fourth-order valence-corrected chi connectivity index (χ4v) is 4.07. The number of anilines is 2. The molecular weight excluding hydrogens is 416 g/mol. The molecule has 8 heteroatoms. The molecule has 0 radical (unpaired) electrons. The molecule has 0 unspecified atom stereocenters. The standard InChI is InChI=1S/C25H24N6O2/c32-23-22(31(25(33)28-23)18-19-7-3-1-4-8-19)17-20-11-12-26-24(27-20)30-15-13-29(14-16-30)21-9-5-2-6-10-21/h1-12,17H,13-16,18H2,(H,28,32,33). The number of nitrogens with one attached hydrogen (secondary N) is 1. The number of piperazine rings is 1. The molecule has 0 atom stereocenters. The quantitative estimate of drug-likeness (QED) is 0.485. The van der Waals surface area contributed by atoms with Crippen LogP contribution in [0.25, 0.3) is 6.08 Å². The van der Waals surface area contributed by atoms with Crippen molar-refractivity contribution in [1.29, 1.82) is 0 Å². The van der Waals surface area contributed by atoms with Gasteiger partial charge >= 0.3 is 6.03 Å². The highest BCUT2D eigenvalue weighted by molar-refractivity contribution is 6.13. The smallest absolute Gasteiger partial charge is 0.329 e. The van der Waals surface area contributed by atoms with Crippen molar-refractivity contribution in [2.24, 2.45) is 0 Å². The van der Waals surface area contributed by atoms with E-state index < -0.39 is 11.9 Å². The molecular formula is C25H24N6O2. The number of carbonyl (C=O) groups excluding carboxylic acids is 2. The lowest BCUT2D eigenvalue weighted by Crippen LogP contribution is -2.47. The van der Waals surface area contributed by atoms with E-state index in [1.807, 2.05) is 48.5 Å². The molecule has 33 heavy (non-hydrogen) atoms. The second-order valence-electron chi connectivity index (χ2n) is 7.95. The zero-order chi connectivity index (χ0) is 22.6. The molecule has 2 aliphatic rings. The first kappa shape index (κ1) is 20.7. The van der Waals surface area contributed by atoms with E-state index in [1.54, 1.807) is 18.3 Å². The highest BCUT2D eigenvalue weighted by Crippen LogP contribution is 2.21. The van der Waals surface area contributed by atoms with Gasteiger partial charge in [-0.1, -0.05) is 48.5 Å². The van der Waals surface area contributed by atoms with Crippen molar-refractivity contribution in [3.8, 4) is 0 Å². The van der Waals surface area contributed by atoms with Gasteiger partial charge in [0.25, 0.3) is 5.91 Å². The zero-order valence-corrected chi connectivity index (χ0v) is 18.1. The summed E-state index contributed by atoms with van der Waals surface area (Å²) in [6.07, 6.45) is 3.34. The maximum Gasteiger partial charge on any atom is 0.329 e. The number of nitrogens with zero attached hydrogens (tertiary/aromatic N) is 5. The number of imide groups is 1. The van der Waals surface area contributed by atoms with E-state index in [2.05, 4.69) is 37.2 Å². The third-order valence-electron chi connectivity index (χ3n) is 5.81. The molecule has 1 aromatic heterocycles. The van der Waals surface area contributed by atoms with Crippen LogP contribution in [0.4, 0.5) is 16.4 Å². The summed E-state index contributed by atoms with van der Waals surface area (Å²) in [7, 11) is 0. The first-order valence-corrected chi connectivity index (χ1v) is 10.9. The van der Waals surface area contributed by atoms with E-state index >= 15 is 0 Å². The Labute approximate surface area is 192 Å². The molecule has 166 valence electrons. The predicted molar refractivity (Wildman–Crippen MR) is 126 cm³/mol. The molecule has 3 aromatic rings. The highest BCUT2D eigenvalue weighted by atomic mass is 16.2.